The molecule has 0 unspecified atom stereocenters. The molecule has 0 aliphatic rings. The number of fused-ring (bicyclic) bond motifs is 1. The van der Waals surface area contributed by atoms with Crippen molar-refractivity contribution in [3.8, 4) is 0 Å². The fourth-order valence-corrected chi connectivity index (χ4v) is 2.00. The third-order valence-corrected chi connectivity index (χ3v) is 2.89. The lowest BCUT2D eigenvalue weighted by Crippen LogP contribution is -2.02. The van der Waals surface area contributed by atoms with Gasteiger partial charge in [-0.15, -0.1) is 0 Å². The maximum atomic E-state index is 13.9. The molecule has 1 heterocycles. The van der Waals surface area contributed by atoms with Gasteiger partial charge in [-0.2, -0.15) is 0 Å². The number of hydrogen-bond donors (Lipinski definition) is 1. The predicted octanol–water partition coefficient (Wildman–Crippen LogP) is 3.68. The van der Waals surface area contributed by atoms with Crippen LogP contribution in [0.2, 0.25) is 0 Å². The summed E-state index contributed by atoms with van der Waals surface area (Å²) in [6.07, 6.45) is 0.851. The Kier molecular flexibility index (Phi) is 3.27. The highest BCUT2D eigenvalue weighted by Crippen LogP contribution is 2.28. The predicted molar refractivity (Wildman–Crippen MR) is 70.0 cm³/mol. The van der Waals surface area contributed by atoms with Gasteiger partial charge in [0.2, 0.25) is 0 Å². The standard InChI is InChI=1S/C14H17FN2/c1-4-10-8-12(16-5-2)13-11(15)7-6-9(3)14(13)17-10/h6-8H,4-5H2,1-3H3,(H,16,17). The van der Waals surface area contributed by atoms with E-state index in [1.165, 1.54) is 6.07 Å². The summed E-state index contributed by atoms with van der Waals surface area (Å²) in [6.45, 7) is 6.80. The molecular formula is C14H17FN2. The third-order valence-electron chi connectivity index (χ3n) is 2.89. The van der Waals surface area contributed by atoms with Gasteiger partial charge in [-0.05, 0) is 38.0 Å². The third kappa shape index (κ3) is 2.09. The van der Waals surface area contributed by atoms with Crippen LogP contribution in [0.25, 0.3) is 10.9 Å². The normalized spacial score (nSPS) is 10.8. The minimum atomic E-state index is -0.211. The Bertz CT molecular complexity index is 549. The van der Waals surface area contributed by atoms with Gasteiger partial charge in [0.1, 0.15) is 5.82 Å². The summed E-state index contributed by atoms with van der Waals surface area (Å²) >= 11 is 0. The molecule has 1 aromatic carbocycles. The van der Waals surface area contributed by atoms with Crippen molar-refractivity contribution in [1.82, 2.24) is 4.98 Å². The van der Waals surface area contributed by atoms with Crippen molar-refractivity contribution in [2.45, 2.75) is 27.2 Å². The summed E-state index contributed by atoms with van der Waals surface area (Å²) in [5.41, 5.74) is 3.61. The SMILES string of the molecule is CCNc1cc(CC)nc2c(C)ccc(F)c12. The highest BCUT2D eigenvalue weighted by atomic mass is 19.1. The maximum Gasteiger partial charge on any atom is 0.134 e. The number of halogens is 1. The molecule has 0 saturated carbocycles. The topological polar surface area (TPSA) is 24.9 Å². The molecule has 0 aliphatic heterocycles. The minimum Gasteiger partial charge on any atom is -0.385 e. The van der Waals surface area contributed by atoms with Gasteiger partial charge in [-0.1, -0.05) is 13.0 Å². The van der Waals surface area contributed by atoms with E-state index in [1.54, 1.807) is 6.07 Å². The quantitative estimate of drug-likeness (QED) is 0.873. The zero-order valence-corrected chi connectivity index (χ0v) is 10.5. The van der Waals surface area contributed by atoms with E-state index in [1.807, 2.05) is 19.9 Å². The molecule has 2 aromatic rings. The van der Waals surface area contributed by atoms with Crippen LogP contribution in [0.1, 0.15) is 25.1 Å². The van der Waals surface area contributed by atoms with Crippen LogP contribution in [0.4, 0.5) is 10.1 Å². The molecule has 0 spiro atoms. The summed E-state index contributed by atoms with van der Waals surface area (Å²) < 4.78 is 13.9. The molecule has 0 radical (unpaired) electrons. The van der Waals surface area contributed by atoms with Gasteiger partial charge in [0, 0.05) is 17.9 Å². The Morgan fingerprint density at radius 1 is 1.29 bits per heavy atom. The van der Waals surface area contributed by atoms with Gasteiger partial charge in [0.05, 0.1) is 10.9 Å². The molecule has 0 amide bonds. The highest BCUT2D eigenvalue weighted by Gasteiger charge is 2.11. The van der Waals surface area contributed by atoms with Crippen molar-refractivity contribution in [1.29, 1.82) is 0 Å². The van der Waals surface area contributed by atoms with Gasteiger partial charge in [0.15, 0.2) is 0 Å². The van der Waals surface area contributed by atoms with Crippen LogP contribution in [0.5, 0.6) is 0 Å². The summed E-state index contributed by atoms with van der Waals surface area (Å²) in [4.78, 5) is 4.52. The first-order valence-electron chi connectivity index (χ1n) is 6.00. The highest BCUT2D eigenvalue weighted by molar-refractivity contribution is 5.93. The summed E-state index contributed by atoms with van der Waals surface area (Å²) in [5, 5.41) is 3.81. The van der Waals surface area contributed by atoms with E-state index in [2.05, 4.69) is 17.2 Å². The van der Waals surface area contributed by atoms with Crippen LogP contribution in [0.15, 0.2) is 18.2 Å². The van der Waals surface area contributed by atoms with Crippen molar-refractivity contribution in [3.63, 3.8) is 0 Å². The van der Waals surface area contributed by atoms with Gasteiger partial charge >= 0.3 is 0 Å². The maximum absolute atomic E-state index is 13.9. The Hall–Kier alpha value is -1.64. The second kappa shape index (κ2) is 4.70. The second-order valence-electron chi connectivity index (χ2n) is 4.13. The lowest BCUT2D eigenvalue weighted by atomic mass is 10.1. The molecular weight excluding hydrogens is 215 g/mol. The molecule has 1 aromatic heterocycles. The first kappa shape index (κ1) is 11.8. The Balaban J connectivity index is 2.80. The van der Waals surface area contributed by atoms with E-state index < -0.39 is 0 Å². The number of hydrogen-bond acceptors (Lipinski definition) is 2. The van der Waals surface area contributed by atoms with Crippen LogP contribution in [-0.2, 0) is 6.42 Å². The number of nitrogens with one attached hydrogen (secondary N) is 1. The van der Waals surface area contributed by atoms with Crippen molar-refractivity contribution >= 4 is 16.6 Å². The molecule has 0 saturated heterocycles. The Morgan fingerprint density at radius 3 is 2.71 bits per heavy atom. The van der Waals surface area contributed by atoms with Crippen molar-refractivity contribution in [3.05, 3.63) is 35.3 Å². The minimum absolute atomic E-state index is 0.211. The van der Waals surface area contributed by atoms with E-state index in [4.69, 9.17) is 0 Å². The molecule has 1 N–H and O–H groups in total. The summed E-state index contributed by atoms with van der Waals surface area (Å²) in [6, 6.07) is 5.22. The smallest absolute Gasteiger partial charge is 0.134 e. The summed E-state index contributed by atoms with van der Waals surface area (Å²) in [5.74, 6) is -0.211. The van der Waals surface area contributed by atoms with E-state index in [0.717, 1.165) is 35.4 Å². The zero-order valence-electron chi connectivity index (χ0n) is 10.5. The lowest BCUT2D eigenvalue weighted by Gasteiger charge is -2.12. The molecule has 90 valence electrons. The van der Waals surface area contributed by atoms with E-state index in [0.29, 0.717) is 5.39 Å². The van der Waals surface area contributed by atoms with Crippen LogP contribution in [0.3, 0.4) is 0 Å². The van der Waals surface area contributed by atoms with Crippen LogP contribution in [-0.4, -0.2) is 11.5 Å². The lowest BCUT2D eigenvalue weighted by molar-refractivity contribution is 0.639. The zero-order chi connectivity index (χ0) is 12.4. The fourth-order valence-electron chi connectivity index (χ4n) is 2.00. The van der Waals surface area contributed by atoms with Gasteiger partial charge < -0.3 is 5.32 Å². The molecule has 0 bridgehead atoms. The molecule has 2 rings (SSSR count). The van der Waals surface area contributed by atoms with Crippen LogP contribution in [0, 0.1) is 12.7 Å². The first-order chi connectivity index (χ1) is 8.17. The van der Waals surface area contributed by atoms with Gasteiger partial charge in [-0.25, -0.2) is 4.39 Å². The first-order valence-corrected chi connectivity index (χ1v) is 6.00. The Labute approximate surface area is 101 Å². The molecule has 2 nitrogen and oxygen atoms in total. The van der Waals surface area contributed by atoms with Crippen LogP contribution >= 0.6 is 0 Å². The second-order valence-corrected chi connectivity index (χ2v) is 4.13. The van der Waals surface area contributed by atoms with Gasteiger partial charge in [0.25, 0.3) is 0 Å². The average molecular weight is 232 g/mol. The Morgan fingerprint density at radius 2 is 2.06 bits per heavy atom. The average Bonchev–Trinajstić information content (AvgIpc) is 2.34. The molecule has 3 heteroatoms. The number of aryl methyl sites for hydroxylation is 2. The van der Waals surface area contributed by atoms with Gasteiger partial charge in [-0.3, -0.25) is 4.98 Å². The number of anilines is 1. The largest absolute Gasteiger partial charge is 0.385 e. The molecule has 0 atom stereocenters. The summed E-state index contributed by atoms with van der Waals surface area (Å²) in [7, 11) is 0. The number of aromatic nitrogens is 1. The van der Waals surface area contributed by atoms with Crippen molar-refractivity contribution in [2.75, 3.05) is 11.9 Å². The van der Waals surface area contributed by atoms with E-state index >= 15 is 0 Å². The number of benzene rings is 1. The number of nitrogens with zero attached hydrogens (tertiary/aromatic N) is 1. The van der Waals surface area contributed by atoms with E-state index in [9.17, 15) is 4.39 Å². The molecule has 0 fully saturated rings. The molecule has 0 aliphatic carbocycles. The van der Waals surface area contributed by atoms with E-state index in [-0.39, 0.29) is 5.82 Å². The van der Waals surface area contributed by atoms with Crippen molar-refractivity contribution in [2.24, 2.45) is 0 Å². The number of rotatable bonds is 3. The van der Waals surface area contributed by atoms with Crippen molar-refractivity contribution < 1.29 is 4.39 Å². The monoisotopic (exact) mass is 232 g/mol. The van der Waals surface area contributed by atoms with Crippen LogP contribution < -0.4 is 5.32 Å². The molecule has 17 heavy (non-hydrogen) atoms. The number of pyridine rings is 1. The fraction of sp³-hybridized carbons (Fsp3) is 0.357.